The molecule has 1 atom stereocenters. The number of methoxy groups -OCH3 is 1. The van der Waals surface area contributed by atoms with Crippen molar-refractivity contribution < 1.29 is 18.3 Å². The summed E-state index contributed by atoms with van der Waals surface area (Å²) in [6.45, 7) is 0.676. The van der Waals surface area contributed by atoms with Gasteiger partial charge in [0.2, 0.25) is 0 Å². The van der Waals surface area contributed by atoms with Crippen LogP contribution in [-0.2, 0) is 19.5 Å². The number of fused-ring (bicyclic) bond motifs is 1. The zero-order chi connectivity index (χ0) is 18.5. The van der Waals surface area contributed by atoms with Crippen molar-refractivity contribution in [2.45, 2.75) is 58.3 Å². The first-order valence-electron chi connectivity index (χ1n) is 8.85. The molecule has 26 heavy (non-hydrogen) atoms. The zero-order valence-corrected chi connectivity index (χ0v) is 15.0. The highest BCUT2D eigenvalue weighted by molar-refractivity contribution is 5.43. The van der Waals surface area contributed by atoms with E-state index in [0.717, 1.165) is 43.0 Å². The van der Waals surface area contributed by atoms with Gasteiger partial charge in [-0.05, 0) is 37.5 Å². The summed E-state index contributed by atoms with van der Waals surface area (Å²) in [6, 6.07) is 4.96. The van der Waals surface area contributed by atoms with Crippen molar-refractivity contribution >= 4 is 0 Å². The SMILES string of the molecule is COc1cc(CN[C@H](C)c2nnc3n2CCCCC3)ccc1OC(F)F. The van der Waals surface area contributed by atoms with Crippen LogP contribution in [0.5, 0.6) is 11.5 Å². The van der Waals surface area contributed by atoms with E-state index in [2.05, 4.69) is 24.8 Å². The van der Waals surface area contributed by atoms with E-state index in [0.29, 0.717) is 6.54 Å². The second kappa shape index (κ2) is 8.44. The van der Waals surface area contributed by atoms with Gasteiger partial charge in [-0.3, -0.25) is 0 Å². The van der Waals surface area contributed by atoms with Crippen molar-refractivity contribution in [3.8, 4) is 11.5 Å². The van der Waals surface area contributed by atoms with Crippen LogP contribution in [0.25, 0.3) is 0 Å². The number of alkyl halides is 2. The molecule has 0 fully saturated rings. The van der Waals surface area contributed by atoms with Gasteiger partial charge in [-0.1, -0.05) is 12.5 Å². The number of ether oxygens (including phenoxy) is 2. The molecule has 8 heteroatoms. The van der Waals surface area contributed by atoms with E-state index in [1.165, 1.54) is 19.6 Å². The maximum atomic E-state index is 12.4. The van der Waals surface area contributed by atoms with Gasteiger partial charge in [0, 0.05) is 19.5 Å². The third-order valence-electron chi connectivity index (χ3n) is 4.58. The molecule has 2 aromatic rings. The maximum absolute atomic E-state index is 12.4. The van der Waals surface area contributed by atoms with E-state index in [1.54, 1.807) is 12.1 Å². The van der Waals surface area contributed by atoms with E-state index in [4.69, 9.17) is 4.74 Å². The van der Waals surface area contributed by atoms with Crippen molar-refractivity contribution in [3.63, 3.8) is 0 Å². The van der Waals surface area contributed by atoms with E-state index in [1.807, 2.05) is 6.92 Å². The predicted octanol–water partition coefficient (Wildman–Crippen LogP) is 3.47. The largest absolute Gasteiger partial charge is 0.493 e. The predicted molar refractivity (Wildman–Crippen MR) is 92.5 cm³/mol. The van der Waals surface area contributed by atoms with Gasteiger partial charge in [0.15, 0.2) is 11.5 Å². The van der Waals surface area contributed by atoms with Crippen LogP contribution < -0.4 is 14.8 Å². The minimum atomic E-state index is -2.88. The van der Waals surface area contributed by atoms with Gasteiger partial charge in [0.05, 0.1) is 13.2 Å². The Hall–Kier alpha value is -2.22. The molecule has 0 radical (unpaired) electrons. The van der Waals surface area contributed by atoms with Crippen LogP contribution >= 0.6 is 0 Å². The highest BCUT2D eigenvalue weighted by atomic mass is 19.3. The van der Waals surface area contributed by atoms with Gasteiger partial charge in [-0.15, -0.1) is 10.2 Å². The summed E-state index contributed by atoms with van der Waals surface area (Å²) < 4.78 is 36.6. The second-order valence-corrected chi connectivity index (χ2v) is 6.40. The molecule has 1 aliphatic rings. The van der Waals surface area contributed by atoms with Crippen LogP contribution in [0.2, 0.25) is 0 Å². The molecular formula is C18H24F2N4O2. The van der Waals surface area contributed by atoms with Crippen molar-refractivity contribution in [2.75, 3.05) is 7.11 Å². The Morgan fingerprint density at radius 3 is 2.81 bits per heavy atom. The van der Waals surface area contributed by atoms with E-state index >= 15 is 0 Å². The quantitative estimate of drug-likeness (QED) is 0.813. The Kier molecular flexibility index (Phi) is 6.03. The van der Waals surface area contributed by atoms with E-state index < -0.39 is 6.61 Å². The number of aryl methyl sites for hydroxylation is 1. The number of nitrogens with zero attached hydrogens (tertiary/aromatic N) is 3. The molecule has 0 spiro atoms. The molecule has 1 aromatic heterocycles. The lowest BCUT2D eigenvalue weighted by Crippen LogP contribution is -2.22. The summed E-state index contributed by atoms with van der Waals surface area (Å²) in [5.74, 6) is 2.31. The molecule has 0 amide bonds. The van der Waals surface area contributed by atoms with Crippen LogP contribution in [0, 0.1) is 0 Å². The van der Waals surface area contributed by atoms with Crippen LogP contribution in [0.15, 0.2) is 18.2 Å². The molecule has 0 bridgehead atoms. The van der Waals surface area contributed by atoms with Gasteiger partial charge in [0.25, 0.3) is 0 Å². The molecule has 0 saturated heterocycles. The van der Waals surface area contributed by atoms with Crippen LogP contribution in [0.1, 0.15) is 49.4 Å². The normalized spacial score (nSPS) is 15.4. The standard InChI is InChI=1S/C18H24F2N4O2/c1-12(17-23-22-16-6-4-3-5-9-24(16)17)21-11-13-7-8-14(26-18(19)20)15(10-13)25-2/h7-8,10,12,18,21H,3-6,9,11H2,1-2H3/t12-/m1/s1. The molecule has 3 rings (SSSR count). The Morgan fingerprint density at radius 1 is 1.19 bits per heavy atom. The average Bonchev–Trinajstić information content (AvgIpc) is 2.88. The lowest BCUT2D eigenvalue weighted by Gasteiger charge is -2.16. The zero-order valence-electron chi connectivity index (χ0n) is 15.0. The maximum Gasteiger partial charge on any atom is 0.387 e. The monoisotopic (exact) mass is 366 g/mol. The number of rotatable bonds is 7. The Bertz CT molecular complexity index is 736. The van der Waals surface area contributed by atoms with Gasteiger partial charge in [-0.25, -0.2) is 0 Å². The number of halogens is 2. The highest BCUT2D eigenvalue weighted by Gasteiger charge is 2.19. The van der Waals surface area contributed by atoms with Crippen molar-refractivity contribution in [3.05, 3.63) is 35.4 Å². The molecular weight excluding hydrogens is 342 g/mol. The van der Waals surface area contributed by atoms with E-state index in [9.17, 15) is 8.78 Å². The van der Waals surface area contributed by atoms with Crippen LogP contribution in [0.3, 0.4) is 0 Å². The average molecular weight is 366 g/mol. The van der Waals surface area contributed by atoms with Gasteiger partial charge >= 0.3 is 6.61 Å². The number of hydrogen-bond acceptors (Lipinski definition) is 5. The first-order chi connectivity index (χ1) is 12.6. The number of nitrogens with one attached hydrogen (secondary N) is 1. The molecule has 6 nitrogen and oxygen atoms in total. The minimum Gasteiger partial charge on any atom is -0.493 e. The highest BCUT2D eigenvalue weighted by Crippen LogP contribution is 2.29. The summed E-state index contributed by atoms with van der Waals surface area (Å²) in [5, 5.41) is 12.1. The third kappa shape index (κ3) is 4.30. The lowest BCUT2D eigenvalue weighted by molar-refractivity contribution is -0.0512. The van der Waals surface area contributed by atoms with Gasteiger partial charge in [-0.2, -0.15) is 8.78 Å². The van der Waals surface area contributed by atoms with Crippen molar-refractivity contribution in [2.24, 2.45) is 0 Å². The Labute approximate surface area is 151 Å². The summed E-state index contributed by atoms with van der Waals surface area (Å²) in [6.07, 6.45) is 4.50. The number of aromatic nitrogens is 3. The minimum absolute atomic E-state index is 0.0253. The lowest BCUT2D eigenvalue weighted by atomic mass is 10.2. The molecule has 142 valence electrons. The summed E-state index contributed by atoms with van der Waals surface area (Å²) in [5.41, 5.74) is 0.908. The smallest absolute Gasteiger partial charge is 0.387 e. The van der Waals surface area contributed by atoms with Crippen LogP contribution in [0.4, 0.5) is 8.78 Å². The molecule has 1 N–H and O–H groups in total. The topological polar surface area (TPSA) is 61.2 Å². The van der Waals surface area contributed by atoms with Crippen molar-refractivity contribution in [1.29, 1.82) is 0 Å². The van der Waals surface area contributed by atoms with E-state index in [-0.39, 0.29) is 17.5 Å². The molecule has 1 aromatic carbocycles. The van der Waals surface area contributed by atoms with Crippen LogP contribution in [-0.4, -0.2) is 28.5 Å². The van der Waals surface area contributed by atoms with Gasteiger partial charge < -0.3 is 19.4 Å². The van der Waals surface area contributed by atoms with Crippen molar-refractivity contribution in [1.82, 2.24) is 20.1 Å². The fourth-order valence-corrected chi connectivity index (χ4v) is 3.21. The van der Waals surface area contributed by atoms with Gasteiger partial charge in [0.1, 0.15) is 11.6 Å². The summed E-state index contributed by atoms with van der Waals surface area (Å²) >= 11 is 0. The number of benzene rings is 1. The first-order valence-corrected chi connectivity index (χ1v) is 8.85. The second-order valence-electron chi connectivity index (χ2n) is 6.40. The Balaban J connectivity index is 1.66. The fraction of sp³-hybridized carbons (Fsp3) is 0.556. The summed E-state index contributed by atoms with van der Waals surface area (Å²) in [7, 11) is 1.43. The Morgan fingerprint density at radius 2 is 2.04 bits per heavy atom. The molecule has 1 aliphatic heterocycles. The summed E-state index contributed by atoms with van der Waals surface area (Å²) in [4.78, 5) is 0. The number of hydrogen-bond donors (Lipinski definition) is 1. The third-order valence-corrected chi connectivity index (χ3v) is 4.58. The molecule has 2 heterocycles. The molecule has 0 aliphatic carbocycles. The fourth-order valence-electron chi connectivity index (χ4n) is 3.21. The first kappa shape index (κ1) is 18.6. The molecule has 0 unspecified atom stereocenters. The molecule has 0 saturated carbocycles.